The molecule has 0 saturated carbocycles. The van der Waals surface area contributed by atoms with Gasteiger partial charge in [-0.25, -0.2) is 4.39 Å². The first-order chi connectivity index (χ1) is 14.8. The van der Waals surface area contributed by atoms with Gasteiger partial charge in [-0.15, -0.1) is 0 Å². The summed E-state index contributed by atoms with van der Waals surface area (Å²) < 4.78 is 19.9. The Morgan fingerprint density at radius 3 is 2.71 bits per heavy atom. The van der Waals surface area contributed by atoms with Crippen molar-refractivity contribution >= 4 is 16.9 Å². The van der Waals surface area contributed by atoms with Crippen LogP contribution < -0.4 is 16.9 Å². The summed E-state index contributed by atoms with van der Waals surface area (Å²) in [7, 11) is 0. The van der Waals surface area contributed by atoms with Crippen LogP contribution in [0, 0.1) is 23.1 Å². The lowest BCUT2D eigenvalue weighted by atomic mass is 9.83. The lowest BCUT2D eigenvalue weighted by Crippen LogP contribution is -2.29. The highest BCUT2D eigenvalue weighted by Gasteiger charge is 2.30. The van der Waals surface area contributed by atoms with Crippen LogP contribution >= 0.6 is 0 Å². The largest absolute Gasteiger partial charge is 0.460 e. The minimum atomic E-state index is -0.620. The summed E-state index contributed by atoms with van der Waals surface area (Å²) in [6.07, 6.45) is 1.28. The van der Waals surface area contributed by atoms with Crippen molar-refractivity contribution in [2.75, 3.05) is 6.54 Å². The van der Waals surface area contributed by atoms with Crippen molar-refractivity contribution in [3.63, 3.8) is 0 Å². The van der Waals surface area contributed by atoms with Gasteiger partial charge >= 0.3 is 0 Å². The molecular formula is C24H24FN3O3. The SMILES string of the molecule is CC(C(N)=O)C(CCCN)c1oc2cc(F)ccc2c(=O)c1Cc1cccc(C#N)c1. The first-order valence-electron chi connectivity index (χ1n) is 10.1. The van der Waals surface area contributed by atoms with Crippen LogP contribution in [-0.2, 0) is 11.2 Å². The Morgan fingerprint density at radius 2 is 2.03 bits per heavy atom. The summed E-state index contributed by atoms with van der Waals surface area (Å²) in [5, 5.41) is 9.45. The van der Waals surface area contributed by atoms with Crippen molar-refractivity contribution in [1.82, 2.24) is 0 Å². The topological polar surface area (TPSA) is 123 Å². The molecule has 2 atom stereocenters. The van der Waals surface area contributed by atoms with Gasteiger partial charge in [-0.1, -0.05) is 19.1 Å². The van der Waals surface area contributed by atoms with Crippen LogP contribution in [0.3, 0.4) is 0 Å². The van der Waals surface area contributed by atoms with E-state index in [1.165, 1.54) is 12.1 Å². The van der Waals surface area contributed by atoms with E-state index in [9.17, 15) is 19.2 Å². The number of nitriles is 1. The van der Waals surface area contributed by atoms with Gasteiger partial charge in [-0.3, -0.25) is 9.59 Å². The fourth-order valence-corrected chi connectivity index (χ4v) is 3.79. The molecule has 0 bridgehead atoms. The third-order valence-corrected chi connectivity index (χ3v) is 5.53. The minimum Gasteiger partial charge on any atom is -0.460 e. The van der Waals surface area contributed by atoms with Crippen molar-refractivity contribution in [1.29, 1.82) is 5.26 Å². The van der Waals surface area contributed by atoms with Crippen LogP contribution in [0.5, 0.6) is 0 Å². The molecular weight excluding hydrogens is 397 g/mol. The predicted molar refractivity (Wildman–Crippen MR) is 116 cm³/mol. The van der Waals surface area contributed by atoms with Crippen LogP contribution in [0.2, 0.25) is 0 Å². The number of fused-ring (bicyclic) bond motifs is 1. The molecule has 1 amide bonds. The molecule has 0 saturated heterocycles. The van der Waals surface area contributed by atoms with Gasteiger partial charge in [0, 0.05) is 29.9 Å². The molecule has 1 heterocycles. The summed E-state index contributed by atoms with van der Waals surface area (Å²) in [6, 6.07) is 12.8. The summed E-state index contributed by atoms with van der Waals surface area (Å²) >= 11 is 0. The second-order valence-electron chi connectivity index (χ2n) is 7.63. The van der Waals surface area contributed by atoms with E-state index in [-0.39, 0.29) is 22.8 Å². The van der Waals surface area contributed by atoms with E-state index in [0.717, 1.165) is 11.6 Å². The second kappa shape index (κ2) is 9.54. The number of halogens is 1. The normalized spacial score (nSPS) is 13.0. The van der Waals surface area contributed by atoms with Gasteiger partial charge < -0.3 is 15.9 Å². The van der Waals surface area contributed by atoms with Crippen LogP contribution in [-0.4, -0.2) is 12.5 Å². The Kier molecular flexibility index (Phi) is 6.83. The average molecular weight is 421 g/mol. The molecule has 4 N–H and O–H groups in total. The molecule has 0 aliphatic rings. The van der Waals surface area contributed by atoms with Gasteiger partial charge in [0.25, 0.3) is 0 Å². The van der Waals surface area contributed by atoms with Gasteiger partial charge in [0.1, 0.15) is 17.2 Å². The highest BCUT2D eigenvalue weighted by atomic mass is 19.1. The molecule has 0 fully saturated rings. The maximum atomic E-state index is 13.8. The first kappa shape index (κ1) is 22.2. The van der Waals surface area contributed by atoms with Gasteiger partial charge in [-0.2, -0.15) is 5.26 Å². The fourth-order valence-electron chi connectivity index (χ4n) is 3.79. The molecule has 1 aromatic heterocycles. The summed E-state index contributed by atoms with van der Waals surface area (Å²) in [6.45, 7) is 2.08. The molecule has 0 radical (unpaired) electrons. The monoisotopic (exact) mass is 421 g/mol. The minimum absolute atomic E-state index is 0.115. The molecule has 0 aliphatic carbocycles. The second-order valence-corrected chi connectivity index (χ2v) is 7.63. The molecule has 2 unspecified atom stereocenters. The van der Waals surface area contributed by atoms with E-state index in [4.69, 9.17) is 15.9 Å². The fraction of sp³-hybridized carbons (Fsp3) is 0.292. The lowest BCUT2D eigenvalue weighted by Gasteiger charge is -2.23. The number of rotatable bonds is 8. The van der Waals surface area contributed by atoms with E-state index in [1.54, 1.807) is 25.1 Å². The van der Waals surface area contributed by atoms with Gasteiger partial charge in [0.2, 0.25) is 5.91 Å². The number of primary amides is 1. The van der Waals surface area contributed by atoms with E-state index in [1.807, 2.05) is 6.07 Å². The predicted octanol–water partition coefficient (Wildman–Crippen LogP) is 3.34. The van der Waals surface area contributed by atoms with E-state index < -0.39 is 23.6 Å². The standard InChI is InChI=1S/C24H24FN3O3/c1-14(24(28)30)18(6-3-9-26)23-20(11-15-4-2-5-16(10-15)13-27)22(29)19-8-7-17(25)12-21(19)31-23/h2,4-5,7-8,10,12,14,18H,3,6,9,11,26H2,1H3,(H2,28,30). The molecule has 160 valence electrons. The van der Waals surface area contributed by atoms with Crippen molar-refractivity contribution in [2.24, 2.45) is 17.4 Å². The molecule has 3 rings (SSSR count). The number of amides is 1. The average Bonchev–Trinajstić information content (AvgIpc) is 2.76. The smallest absolute Gasteiger partial charge is 0.220 e. The molecule has 3 aromatic rings. The Balaban J connectivity index is 2.25. The Bertz CT molecular complexity index is 1210. The Labute approximate surface area is 179 Å². The van der Waals surface area contributed by atoms with E-state index in [2.05, 4.69) is 6.07 Å². The number of benzene rings is 2. The summed E-state index contributed by atoms with van der Waals surface area (Å²) in [5.74, 6) is -1.86. The molecule has 0 spiro atoms. The van der Waals surface area contributed by atoms with Gasteiger partial charge in [0.15, 0.2) is 5.43 Å². The van der Waals surface area contributed by atoms with Crippen molar-refractivity contribution in [2.45, 2.75) is 32.1 Å². The zero-order valence-electron chi connectivity index (χ0n) is 17.2. The van der Waals surface area contributed by atoms with Crippen molar-refractivity contribution < 1.29 is 13.6 Å². The quantitative estimate of drug-likeness (QED) is 0.577. The van der Waals surface area contributed by atoms with E-state index in [0.29, 0.717) is 36.3 Å². The summed E-state index contributed by atoms with van der Waals surface area (Å²) in [5.41, 5.74) is 12.7. The zero-order valence-corrected chi connectivity index (χ0v) is 17.2. The number of hydrogen-bond donors (Lipinski definition) is 2. The van der Waals surface area contributed by atoms with Crippen LogP contribution in [0.1, 0.15) is 48.1 Å². The first-order valence-corrected chi connectivity index (χ1v) is 10.1. The maximum absolute atomic E-state index is 13.8. The third-order valence-electron chi connectivity index (χ3n) is 5.53. The molecule has 2 aromatic carbocycles. The van der Waals surface area contributed by atoms with Gasteiger partial charge in [0.05, 0.1) is 17.0 Å². The van der Waals surface area contributed by atoms with Crippen LogP contribution in [0.15, 0.2) is 51.7 Å². The highest BCUT2D eigenvalue weighted by molar-refractivity contribution is 5.79. The zero-order chi connectivity index (χ0) is 22.5. The summed E-state index contributed by atoms with van der Waals surface area (Å²) in [4.78, 5) is 25.4. The Morgan fingerprint density at radius 1 is 1.26 bits per heavy atom. The molecule has 31 heavy (non-hydrogen) atoms. The number of nitrogens with two attached hydrogens (primary N) is 2. The number of hydrogen-bond acceptors (Lipinski definition) is 5. The Hall–Kier alpha value is -3.50. The van der Waals surface area contributed by atoms with Gasteiger partial charge in [-0.05, 0) is 49.2 Å². The van der Waals surface area contributed by atoms with E-state index >= 15 is 0 Å². The third kappa shape index (κ3) is 4.81. The molecule has 7 heteroatoms. The van der Waals surface area contributed by atoms with Crippen molar-refractivity contribution in [3.8, 4) is 6.07 Å². The molecule has 0 aliphatic heterocycles. The van der Waals surface area contributed by atoms with Crippen LogP contribution in [0.4, 0.5) is 4.39 Å². The van der Waals surface area contributed by atoms with Crippen molar-refractivity contribution in [3.05, 3.63) is 81.0 Å². The number of carbonyl (C=O) groups excluding carboxylic acids is 1. The maximum Gasteiger partial charge on any atom is 0.220 e. The lowest BCUT2D eigenvalue weighted by molar-refractivity contribution is -0.122. The number of carbonyl (C=O) groups is 1. The highest BCUT2D eigenvalue weighted by Crippen LogP contribution is 2.33. The number of nitrogens with zero attached hydrogens (tertiary/aromatic N) is 1. The van der Waals surface area contributed by atoms with Crippen LogP contribution in [0.25, 0.3) is 11.0 Å². The molecule has 6 nitrogen and oxygen atoms in total.